The summed E-state index contributed by atoms with van der Waals surface area (Å²) in [5.74, 6) is 0. The normalized spacial score (nSPS) is 20.1. The fourth-order valence-electron chi connectivity index (χ4n) is 3.02. The number of carbonyl (C=O) groups excluding carboxylic acids is 1. The van der Waals surface area contributed by atoms with Crippen LogP contribution in [0.2, 0.25) is 5.15 Å². The molecule has 1 amide bonds. The van der Waals surface area contributed by atoms with Crippen LogP contribution in [0, 0.1) is 0 Å². The summed E-state index contributed by atoms with van der Waals surface area (Å²) in [6, 6.07) is 3.76. The van der Waals surface area contributed by atoms with Gasteiger partial charge in [0.15, 0.2) is 0 Å². The molecule has 3 rings (SSSR count). The van der Waals surface area contributed by atoms with Crippen molar-refractivity contribution in [3.8, 4) is 0 Å². The highest BCUT2D eigenvalue weighted by molar-refractivity contribution is 6.29. The monoisotopic (exact) mass is 324 g/mol. The fraction of sp³-hybridized carbons (Fsp3) is 0.625. The third kappa shape index (κ3) is 2.92. The number of likely N-dealkylation sites (tertiary alicyclic amines) is 1. The summed E-state index contributed by atoms with van der Waals surface area (Å²) in [4.78, 5) is 18.3. The van der Waals surface area contributed by atoms with Crippen molar-refractivity contribution < 1.29 is 14.3 Å². The molecule has 5 nitrogen and oxygen atoms in total. The number of pyridine rings is 1. The second kappa shape index (κ2) is 5.39. The highest BCUT2D eigenvalue weighted by atomic mass is 35.5. The molecule has 22 heavy (non-hydrogen) atoms. The molecule has 1 fully saturated rings. The molecule has 1 aromatic rings. The smallest absolute Gasteiger partial charge is 0.410 e. The van der Waals surface area contributed by atoms with Crippen molar-refractivity contribution in [3.63, 3.8) is 0 Å². The highest BCUT2D eigenvalue weighted by Gasteiger charge is 2.45. The molecule has 2 aliphatic rings. The lowest BCUT2D eigenvalue weighted by Gasteiger charge is -2.38. The number of hydrogen-bond acceptors (Lipinski definition) is 4. The third-order valence-corrected chi connectivity index (χ3v) is 4.31. The van der Waals surface area contributed by atoms with Gasteiger partial charge in [-0.15, -0.1) is 0 Å². The van der Waals surface area contributed by atoms with Gasteiger partial charge in [0.1, 0.15) is 16.4 Å². The minimum atomic E-state index is -0.474. The van der Waals surface area contributed by atoms with Crippen LogP contribution in [-0.4, -0.2) is 34.7 Å². The summed E-state index contributed by atoms with van der Waals surface area (Å²) in [6.07, 6.45) is 1.17. The van der Waals surface area contributed by atoms with Gasteiger partial charge in [0.25, 0.3) is 0 Å². The number of hydrogen-bond donors (Lipinski definition) is 0. The Morgan fingerprint density at radius 2 is 2.05 bits per heavy atom. The zero-order valence-electron chi connectivity index (χ0n) is 13.2. The second-order valence-electron chi connectivity index (χ2n) is 6.89. The lowest BCUT2D eigenvalue weighted by Crippen LogP contribution is -2.47. The topological polar surface area (TPSA) is 51.7 Å². The Morgan fingerprint density at radius 3 is 2.68 bits per heavy atom. The molecule has 0 atom stereocenters. The number of piperidine rings is 1. The SMILES string of the molecule is CC(C)(C)OC(=O)N1CCC2(CC1)OCc1ccc(Cl)nc12. The lowest BCUT2D eigenvalue weighted by molar-refractivity contribution is -0.0816. The van der Waals surface area contributed by atoms with Crippen LogP contribution in [-0.2, 0) is 21.7 Å². The number of halogens is 1. The zero-order chi connectivity index (χ0) is 16.0. The number of fused-ring (bicyclic) bond motifs is 2. The zero-order valence-corrected chi connectivity index (χ0v) is 13.9. The van der Waals surface area contributed by atoms with Crippen LogP contribution in [0.1, 0.15) is 44.9 Å². The van der Waals surface area contributed by atoms with Crippen molar-refractivity contribution in [2.75, 3.05) is 13.1 Å². The van der Waals surface area contributed by atoms with Gasteiger partial charge in [-0.3, -0.25) is 0 Å². The molecule has 1 spiro atoms. The van der Waals surface area contributed by atoms with E-state index in [-0.39, 0.29) is 6.09 Å². The van der Waals surface area contributed by atoms with Gasteiger partial charge in [0, 0.05) is 18.7 Å². The van der Waals surface area contributed by atoms with Gasteiger partial charge in [0.05, 0.1) is 12.3 Å². The highest BCUT2D eigenvalue weighted by Crippen LogP contribution is 2.43. The molecule has 2 aliphatic heterocycles. The second-order valence-corrected chi connectivity index (χ2v) is 7.28. The predicted octanol–water partition coefficient (Wildman–Crippen LogP) is 3.49. The number of rotatable bonds is 0. The largest absolute Gasteiger partial charge is 0.444 e. The average Bonchev–Trinajstić information content (AvgIpc) is 2.76. The summed E-state index contributed by atoms with van der Waals surface area (Å²) in [6.45, 7) is 7.38. The van der Waals surface area contributed by atoms with Crippen LogP contribution in [0.5, 0.6) is 0 Å². The summed E-state index contributed by atoms with van der Waals surface area (Å²) < 4.78 is 11.5. The van der Waals surface area contributed by atoms with Crippen molar-refractivity contribution in [1.82, 2.24) is 9.88 Å². The first-order valence-electron chi connectivity index (χ1n) is 7.57. The molecule has 1 aromatic heterocycles. The Balaban J connectivity index is 1.71. The van der Waals surface area contributed by atoms with E-state index in [9.17, 15) is 4.79 Å². The molecule has 0 aromatic carbocycles. The molecule has 0 saturated carbocycles. The van der Waals surface area contributed by atoms with E-state index in [0.717, 1.165) is 11.3 Å². The maximum Gasteiger partial charge on any atom is 0.410 e. The number of aromatic nitrogens is 1. The van der Waals surface area contributed by atoms with E-state index >= 15 is 0 Å². The molecule has 0 unspecified atom stereocenters. The first-order valence-corrected chi connectivity index (χ1v) is 7.95. The molecule has 1 saturated heterocycles. The van der Waals surface area contributed by atoms with E-state index in [1.807, 2.05) is 26.8 Å². The molecular weight excluding hydrogens is 304 g/mol. The van der Waals surface area contributed by atoms with Gasteiger partial charge in [0.2, 0.25) is 0 Å². The van der Waals surface area contributed by atoms with Gasteiger partial charge in [-0.05, 0) is 39.7 Å². The summed E-state index contributed by atoms with van der Waals surface area (Å²) in [5.41, 5.74) is 1.15. The minimum Gasteiger partial charge on any atom is -0.444 e. The van der Waals surface area contributed by atoms with E-state index in [0.29, 0.717) is 37.7 Å². The van der Waals surface area contributed by atoms with Gasteiger partial charge in [-0.1, -0.05) is 17.7 Å². The molecule has 0 N–H and O–H groups in total. The van der Waals surface area contributed by atoms with Crippen molar-refractivity contribution in [2.24, 2.45) is 0 Å². The van der Waals surface area contributed by atoms with Crippen LogP contribution in [0.25, 0.3) is 0 Å². The van der Waals surface area contributed by atoms with E-state index in [2.05, 4.69) is 4.98 Å². The minimum absolute atomic E-state index is 0.264. The van der Waals surface area contributed by atoms with Crippen molar-refractivity contribution in [2.45, 2.75) is 51.4 Å². The van der Waals surface area contributed by atoms with Crippen molar-refractivity contribution >= 4 is 17.7 Å². The Bertz CT molecular complexity index is 590. The van der Waals surface area contributed by atoms with Crippen LogP contribution < -0.4 is 0 Å². The first-order chi connectivity index (χ1) is 10.3. The lowest BCUT2D eigenvalue weighted by atomic mass is 9.87. The molecular formula is C16H21ClN2O3. The molecule has 6 heteroatoms. The molecule has 0 radical (unpaired) electrons. The number of nitrogens with zero attached hydrogens (tertiary/aromatic N) is 2. The van der Waals surface area contributed by atoms with Crippen LogP contribution in [0.15, 0.2) is 12.1 Å². The van der Waals surface area contributed by atoms with Gasteiger partial charge in [-0.25, -0.2) is 9.78 Å². The Kier molecular flexibility index (Phi) is 3.81. The van der Waals surface area contributed by atoms with Crippen LogP contribution in [0.4, 0.5) is 4.79 Å². The maximum absolute atomic E-state index is 12.1. The Hall–Kier alpha value is -1.33. The summed E-state index contributed by atoms with van der Waals surface area (Å²) in [5, 5.41) is 0.484. The van der Waals surface area contributed by atoms with E-state index in [1.165, 1.54) is 0 Å². The number of carbonyl (C=O) groups is 1. The maximum atomic E-state index is 12.1. The molecule has 0 aliphatic carbocycles. The van der Waals surface area contributed by atoms with Gasteiger partial charge < -0.3 is 14.4 Å². The number of amides is 1. The summed E-state index contributed by atoms with van der Waals surface area (Å²) in [7, 11) is 0. The third-order valence-electron chi connectivity index (χ3n) is 4.10. The van der Waals surface area contributed by atoms with Gasteiger partial charge in [-0.2, -0.15) is 0 Å². The molecule has 3 heterocycles. The predicted molar refractivity (Wildman–Crippen MR) is 82.8 cm³/mol. The molecule has 0 bridgehead atoms. The van der Waals surface area contributed by atoms with E-state index in [1.54, 1.807) is 11.0 Å². The van der Waals surface area contributed by atoms with Gasteiger partial charge >= 0.3 is 6.09 Å². The fourth-order valence-corrected chi connectivity index (χ4v) is 3.17. The standard InChI is InChI=1S/C16H21ClN2O3/c1-15(2,3)22-14(20)19-8-6-16(7-9-19)13-11(10-21-16)4-5-12(17)18-13/h4-5H,6-10H2,1-3H3. The average molecular weight is 325 g/mol. The quantitative estimate of drug-likeness (QED) is 0.685. The first kappa shape index (κ1) is 15.6. The van der Waals surface area contributed by atoms with E-state index < -0.39 is 11.2 Å². The molecule has 120 valence electrons. The number of ether oxygens (including phenoxy) is 2. The summed E-state index contributed by atoms with van der Waals surface area (Å²) >= 11 is 6.03. The van der Waals surface area contributed by atoms with E-state index in [4.69, 9.17) is 21.1 Å². The Morgan fingerprint density at radius 1 is 1.36 bits per heavy atom. The Labute approximate surface area is 135 Å². The van der Waals surface area contributed by atoms with Crippen molar-refractivity contribution in [3.05, 3.63) is 28.5 Å². The van der Waals surface area contributed by atoms with Crippen molar-refractivity contribution in [1.29, 1.82) is 0 Å². The van der Waals surface area contributed by atoms with Crippen LogP contribution in [0.3, 0.4) is 0 Å². The van der Waals surface area contributed by atoms with Crippen LogP contribution >= 0.6 is 11.6 Å².